The fourth-order valence-electron chi connectivity index (χ4n) is 2.35. The van der Waals surface area contributed by atoms with E-state index in [-0.39, 0.29) is 0 Å². The molecule has 1 heterocycles. The minimum atomic E-state index is 0.671. The quantitative estimate of drug-likeness (QED) is 0.876. The summed E-state index contributed by atoms with van der Waals surface area (Å²) in [7, 11) is 0. The Hall–Kier alpha value is -1.32. The Morgan fingerprint density at radius 3 is 2.57 bits per heavy atom. The van der Waals surface area contributed by atoms with Gasteiger partial charge in [0.1, 0.15) is 0 Å². The van der Waals surface area contributed by atoms with E-state index in [4.69, 9.17) is 11.6 Å². The van der Waals surface area contributed by atoms with Crippen LogP contribution in [0.15, 0.2) is 24.3 Å². The van der Waals surface area contributed by atoms with Gasteiger partial charge in [-0.25, -0.2) is 0 Å². The Morgan fingerprint density at radius 1 is 1.24 bits per heavy atom. The minimum absolute atomic E-state index is 0.671. The average molecular weight is 306 g/mol. The van der Waals surface area contributed by atoms with Crippen molar-refractivity contribution in [1.29, 1.82) is 0 Å². The molecular formula is C17H24ClN3. The molecule has 21 heavy (non-hydrogen) atoms. The lowest BCUT2D eigenvalue weighted by Gasteiger charge is -2.10. The Kier molecular flexibility index (Phi) is 5.43. The van der Waals surface area contributed by atoms with E-state index in [1.54, 1.807) is 0 Å². The zero-order valence-electron chi connectivity index (χ0n) is 13.3. The summed E-state index contributed by atoms with van der Waals surface area (Å²) in [6, 6.07) is 8.63. The smallest absolute Gasteiger partial charge is 0.0844 e. The molecule has 3 nitrogen and oxygen atoms in total. The molecule has 0 radical (unpaired) electrons. The molecule has 1 aromatic heterocycles. The Balaban J connectivity index is 2.05. The second-order valence-electron chi connectivity index (χ2n) is 5.99. The van der Waals surface area contributed by atoms with Crippen molar-refractivity contribution in [3.05, 3.63) is 51.8 Å². The van der Waals surface area contributed by atoms with Gasteiger partial charge in [-0.2, -0.15) is 5.10 Å². The van der Waals surface area contributed by atoms with Crippen LogP contribution in [0.3, 0.4) is 0 Å². The first-order valence-corrected chi connectivity index (χ1v) is 7.83. The maximum absolute atomic E-state index is 6.20. The fourth-order valence-corrected chi connectivity index (χ4v) is 2.48. The predicted molar refractivity (Wildman–Crippen MR) is 88.8 cm³/mol. The summed E-state index contributed by atoms with van der Waals surface area (Å²) in [4.78, 5) is 0. The van der Waals surface area contributed by atoms with Crippen molar-refractivity contribution < 1.29 is 0 Å². The molecule has 0 aliphatic rings. The highest BCUT2D eigenvalue weighted by molar-refractivity contribution is 6.31. The topological polar surface area (TPSA) is 29.9 Å². The normalized spacial score (nSPS) is 11.3. The van der Waals surface area contributed by atoms with E-state index >= 15 is 0 Å². The highest BCUT2D eigenvalue weighted by Crippen LogP contribution is 2.20. The van der Waals surface area contributed by atoms with Crippen LogP contribution in [0.1, 0.15) is 36.4 Å². The van der Waals surface area contributed by atoms with Gasteiger partial charge in [0.05, 0.1) is 23.0 Å². The van der Waals surface area contributed by atoms with Crippen LogP contribution in [0, 0.1) is 19.8 Å². The molecule has 2 rings (SSSR count). The maximum Gasteiger partial charge on any atom is 0.0844 e. The number of aromatic nitrogens is 2. The molecule has 0 atom stereocenters. The van der Waals surface area contributed by atoms with Crippen LogP contribution in [-0.2, 0) is 13.1 Å². The SMILES string of the molecule is Cc1nn(Cc2cccc(CNCC(C)C)c2)c(C)c1Cl. The zero-order chi connectivity index (χ0) is 15.4. The number of aryl methyl sites for hydroxylation is 1. The van der Waals surface area contributed by atoms with E-state index in [9.17, 15) is 0 Å². The van der Waals surface area contributed by atoms with Crippen LogP contribution in [0.25, 0.3) is 0 Å². The molecule has 0 aliphatic heterocycles. The number of halogens is 1. The lowest BCUT2D eigenvalue weighted by molar-refractivity contribution is 0.552. The van der Waals surface area contributed by atoms with Crippen LogP contribution in [0.4, 0.5) is 0 Å². The number of hydrogen-bond acceptors (Lipinski definition) is 2. The minimum Gasteiger partial charge on any atom is -0.312 e. The zero-order valence-corrected chi connectivity index (χ0v) is 14.0. The molecule has 114 valence electrons. The van der Waals surface area contributed by atoms with E-state index in [0.29, 0.717) is 5.92 Å². The highest BCUT2D eigenvalue weighted by Gasteiger charge is 2.09. The first-order chi connectivity index (χ1) is 9.97. The second-order valence-corrected chi connectivity index (χ2v) is 6.37. The number of benzene rings is 1. The van der Waals surface area contributed by atoms with Crippen LogP contribution in [0.2, 0.25) is 5.02 Å². The molecule has 1 aromatic carbocycles. The molecule has 4 heteroatoms. The number of hydrogen-bond donors (Lipinski definition) is 1. The highest BCUT2D eigenvalue weighted by atomic mass is 35.5. The molecule has 1 N–H and O–H groups in total. The summed E-state index contributed by atoms with van der Waals surface area (Å²) < 4.78 is 1.97. The van der Waals surface area contributed by atoms with Gasteiger partial charge in [0.25, 0.3) is 0 Å². The first kappa shape index (κ1) is 16.1. The average Bonchev–Trinajstić information content (AvgIpc) is 2.66. The largest absolute Gasteiger partial charge is 0.312 e. The summed E-state index contributed by atoms with van der Waals surface area (Å²) in [5.41, 5.74) is 4.48. The summed E-state index contributed by atoms with van der Waals surface area (Å²) in [6.07, 6.45) is 0. The molecular weight excluding hydrogens is 282 g/mol. The van der Waals surface area contributed by atoms with Crippen LogP contribution in [-0.4, -0.2) is 16.3 Å². The summed E-state index contributed by atoms with van der Waals surface area (Å²) in [5, 5.41) is 8.73. The van der Waals surface area contributed by atoms with Crippen LogP contribution in [0.5, 0.6) is 0 Å². The first-order valence-electron chi connectivity index (χ1n) is 7.45. The number of nitrogens with one attached hydrogen (secondary N) is 1. The number of nitrogens with zero attached hydrogens (tertiary/aromatic N) is 2. The predicted octanol–water partition coefficient (Wildman–Crippen LogP) is 3.95. The van der Waals surface area contributed by atoms with Gasteiger partial charge < -0.3 is 5.32 Å². The van der Waals surface area contributed by atoms with Gasteiger partial charge >= 0.3 is 0 Å². The van der Waals surface area contributed by atoms with Gasteiger partial charge in [-0.15, -0.1) is 0 Å². The Bertz CT molecular complexity index is 602. The lowest BCUT2D eigenvalue weighted by atomic mass is 10.1. The molecule has 0 saturated carbocycles. The van der Waals surface area contributed by atoms with Gasteiger partial charge in [-0.1, -0.05) is 49.7 Å². The fraction of sp³-hybridized carbons (Fsp3) is 0.471. The molecule has 0 amide bonds. The van der Waals surface area contributed by atoms with Crippen molar-refractivity contribution in [3.63, 3.8) is 0 Å². The van der Waals surface area contributed by atoms with Crippen LogP contribution < -0.4 is 5.32 Å². The Morgan fingerprint density at radius 2 is 1.95 bits per heavy atom. The van der Waals surface area contributed by atoms with Crippen molar-refractivity contribution >= 4 is 11.6 Å². The van der Waals surface area contributed by atoms with Gasteiger partial charge in [0, 0.05) is 6.54 Å². The van der Waals surface area contributed by atoms with Crippen molar-refractivity contribution in [2.75, 3.05) is 6.54 Å². The summed E-state index contributed by atoms with van der Waals surface area (Å²) in [5.74, 6) is 0.671. The molecule has 0 unspecified atom stereocenters. The van der Waals surface area contributed by atoms with E-state index in [2.05, 4.69) is 48.5 Å². The summed E-state index contributed by atoms with van der Waals surface area (Å²) in [6.45, 7) is 11.1. The van der Waals surface area contributed by atoms with E-state index in [1.165, 1.54) is 11.1 Å². The van der Waals surface area contributed by atoms with Gasteiger partial charge in [-0.05, 0) is 37.4 Å². The Labute approximate surface area is 132 Å². The summed E-state index contributed by atoms with van der Waals surface area (Å²) >= 11 is 6.20. The third kappa shape index (κ3) is 4.32. The number of rotatable bonds is 6. The van der Waals surface area contributed by atoms with Crippen molar-refractivity contribution in [2.24, 2.45) is 5.92 Å². The van der Waals surface area contributed by atoms with Crippen molar-refractivity contribution in [1.82, 2.24) is 15.1 Å². The van der Waals surface area contributed by atoms with Gasteiger partial charge in [0.2, 0.25) is 0 Å². The van der Waals surface area contributed by atoms with Crippen molar-refractivity contribution in [3.8, 4) is 0 Å². The maximum atomic E-state index is 6.20. The van der Waals surface area contributed by atoms with Crippen molar-refractivity contribution in [2.45, 2.75) is 40.8 Å². The molecule has 0 spiro atoms. The molecule has 2 aromatic rings. The molecule has 0 aliphatic carbocycles. The van der Waals surface area contributed by atoms with Gasteiger partial charge in [-0.3, -0.25) is 4.68 Å². The standard InChI is InChI=1S/C17H24ClN3/c1-12(2)9-19-10-15-6-5-7-16(8-15)11-21-14(4)17(18)13(3)20-21/h5-8,12,19H,9-11H2,1-4H3. The van der Waals surface area contributed by atoms with Crippen LogP contribution >= 0.6 is 11.6 Å². The molecule has 0 bridgehead atoms. The lowest BCUT2D eigenvalue weighted by Crippen LogP contribution is -2.19. The molecule has 0 fully saturated rings. The third-order valence-corrected chi connectivity index (χ3v) is 4.05. The van der Waals surface area contributed by atoms with E-state index in [1.807, 2.05) is 18.5 Å². The third-order valence-electron chi connectivity index (χ3n) is 3.50. The van der Waals surface area contributed by atoms with E-state index in [0.717, 1.165) is 36.0 Å². The van der Waals surface area contributed by atoms with E-state index < -0.39 is 0 Å². The monoisotopic (exact) mass is 305 g/mol. The van der Waals surface area contributed by atoms with Gasteiger partial charge in [0.15, 0.2) is 0 Å². The molecule has 0 saturated heterocycles. The second kappa shape index (κ2) is 7.10.